The quantitative estimate of drug-likeness (QED) is 0.805. The van der Waals surface area contributed by atoms with Crippen LogP contribution in [0.15, 0.2) is 18.2 Å². The van der Waals surface area contributed by atoms with E-state index in [1.165, 1.54) is 19.2 Å². The van der Waals surface area contributed by atoms with Gasteiger partial charge in [-0.2, -0.15) is 0 Å². The number of aromatic nitrogens is 2. The maximum absolute atomic E-state index is 13.2. The largest absolute Gasteiger partial charge is 0.383 e. The average molecular weight is 294 g/mol. The van der Waals surface area contributed by atoms with Gasteiger partial charge < -0.3 is 20.4 Å². The molecule has 0 fully saturated rings. The number of nitrogens with one attached hydrogen (secondary N) is 1. The van der Waals surface area contributed by atoms with Gasteiger partial charge in [-0.15, -0.1) is 0 Å². The summed E-state index contributed by atoms with van der Waals surface area (Å²) >= 11 is 0. The highest BCUT2D eigenvalue weighted by Crippen LogP contribution is 2.16. The van der Waals surface area contributed by atoms with E-state index in [-0.39, 0.29) is 18.3 Å². The van der Waals surface area contributed by atoms with E-state index < -0.39 is 6.04 Å². The highest BCUT2D eigenvalue weighted by molar-refractivity contribution is 5.81. The lowest BCUT2D eigenvalue weighted by atomic mass is 10.3. The van der Waals surface area contributed by atoms with Gasteiger partial charge in [0.1, 0.15) is 17.7 Å². The van der Waals surface area contributed by atoms with Gasteiger partial charge in [-0.05, 0) is 12.1 Å². The SMILES string of the molecule is COCC(N)C(=O)NCCc1nc2cc(F)ccc2n1C. The van der Waals surface area contributed by atoms with Crippen LogP contribution in [-0.2, 0) is 23.0 Å². The normalized spacial score (nSPS) is 12.6. The first kappa shape index (κ1) is 15.4. The molecule has 0 bridgehead atoms. The van der Waals surface area contributed by atoms with E-state index in [2.05, 4.69) is 10.3 Å². The lowest BCUT2D eigenvalue weighted by Crippen LogP contribution is -2.44. The lowest BCUT2D eigenvalue weighted by molar-refractivity contribution is -0.123. The number of fused-ring (bicyclic) bond motifs is 1. The van der Waals surface area contributed by atoms with E-state index in [1.54, 1.807) is 6.07 Å². The van der Waals surface area contributed by atoms with Crippen molar-refractivity contribution in [3.8, 4) is 0 Å². The molecule has 114 valence electrons. The van der Waals surface area contributed by atoms with Gasteiger partial charge in [0.25, 0.3) is 0 Å². The zero-order valence-corrected chi connectivity index (χ0v) is 12.1. The number of hydrogen-bond donors (Lipinski definition) is 2. The molecule has 0 aliphatic rings. The van der Waals surface area contributed by atoms with Gasteiger partial charge in [0.05, 0.1) is 17.6 Å². The third-order valence-electron chi connectivity index (χ3n) is 3.27. The van der Waals surface area contributed by atoms with Crippen LogP contribution in [0.5, 0.6) is 0 Å². The number of nitrogens with zero attached hydrogens (tertiary/aromatic N) is 2. The maximum Gasteiger partial charge on any atom is 0.239 e. The zero-order valence-electron chi connectivity index (χ0n) is 12.1. The minimum absolute atomic E-state index is 0.178. The Kier molecular flexibility index (Phi) is 4.87. The molecule has 0 radical (unpaired) electrons. The number of nitrogens with two attached hydrogens (primary N) is 1. The molecule has 0 saturated heterocycles. The molecular weight excluding hydrogens is 275 g/mol. The van der Waals surface area contributed by atoms with Crippen molar-refractivity contribution < 1.29 is 13.9 Å². The smallest absolute Gasteiger partial charge is 0.239 e. The van der Waals surface area contributed by atoms with Crippen LogP contribution in [-0.4, -0.2) is 41.8 Å². The van der Waals surface area contributed by atoms with E-state index >= 15 is 0 Å². The number of hydrogen-bond acceptors (Lipinski definition) is 4. The molecule has 21 heavy (non-hydrogen) atoms. The van der Waals surface area contributed by atoms with Gasteiger partial charge in [-0.25, -0.2) is 9.37 Å². The van der Waals surface area contributed by atoms with E-state index in [1.807, 2.05) is 11.6 Å². The summed E-state index contributed by atoms with van der Waals surface area (Å²) < 4.78 is 19.9. The molecule has 0 aliphatic heterocycles. The molecule has 2 rings (SSSR count). The summed E-state index contributed by atoms with van der Waals surface area (Å²) in [5.41, 5.74) is 7.08. The van der Waals surface area contributed by atoms with Crippen LogP contribution in [0.4, 0.5) is 4.39 Å². The van der Waals surface area contributed by atoms with E-state index in [9.17, 15) is 9.18 Å². The summed E-state index contributed by atoms with van der Waals surface area (Å²) in [5, 5.41) is 2.73. The summed E-state index contributed by atoms with van der Waals surface area (Å²) in [4.78, 5) is 16.0. The Morgan fingerprint density at radius 1 is 1.57 bits per heavy atom. The third kappa shape index (κ3) is 3.56. The Labute approximate surface area is 122 Å². The number of carbonyl (C=O) groups excluding carboxylic acids is 1. The number of methoxy groups -OCH3 is 1. The molecule has 1 aromatic heterocycles. The Hall–Kier alpha value is -1.99. The second kappa shape index (κ2) is 6.64. The Morgan fingerprint density at radius 3 is 3.05 bits per heavy atom. The van der Waals surface area contributed by atoms with Crippen molar-refractivity contribution in [2.75, 3.05) is 20.3 Å². The van der Waals surface area contributed by atoms with Gasteiger partial charge in [0.2, 0.25) is 5.91 Å². The molecule has 0 aliphatic carbocycles. The molecular formula is C14H19FN4O2. The summed E-state index contributed by atoms with van der Waals surface area (Å²) in [6, 6.07) is 3.81. The molecule has 1 atom stereocenters. The predicted octanol–water partition coefficient (Wildman–Crippen LogP) is 0.345. The van der Waals surface area contributed by atoms with Crippen LogP contribution < -0.4 is 11.1 Å². The first-order chi connectivity index (χ1) is 10.0. The van der Waals surface area contributed by atoms with Crippen LogP contribution in [0, 0.1) is 5.82 Å². The van der Waals surface area contributed by atoms with E-state index in [0.29, 0.717) is 18.5 Å². The second-order valence-corrected chi connectivity index (χ2v) is 4.82. The summed E-state index contributed by atoms with van der Waals surface area (Å²) in [6.07, 6.45) is 0.540. The van der Waals surface area contributed by atoms with Crippen LogP contribution in [0.25, 0.3) is 11.0 Å². The Balaban J connectivity index is 1.98. The number of aryl methyl sites for hydroxylation is 1. The van der Waals surface area contributed by atoms with E-state index in [0.717, 1.165) is 11.3 Å². The second-order valence-electron chi connectivity index (χ2n) is 4.82. The van der Waals surface area contributed by atoms with Gasteiger partial charge >= 0.3 is 0 Å². The Morgan fingerprint density at radius 2 is 2.33 bits per heavy atom. The van der Waals surface area contributed by atoms with Crippen LogP contribution >= 0.6 is 0 Å². The summed E-state index contributed by atoms with van der Waals surface area (Å²) in [6.45, 7) is 0.591. The van der Waals surface area contributed by atoms with Crippen molar-refractivity contribution in [2.24, 2.45) is 12.8 Å². The van der Waals surface area contributed by atoms with Crippen molar-refractivity contribution in [1.29, 1.82) is 0 Å². The van der Waals surface area contributed by atoms with Gasteiger partial charge in [0, 0.05) is 33.2 Å². The van der Waals surface area contributed by atoms with Crippen LogP contribution in [0.1, 0.15) is 5.82 Å². The van der Waals surface area contributed by atoms with Crippen molar-refractivity contribution in [2.45, 2.75) is 12.5 Å². The van der Waals surface area contributed by atoms with Crippen LogP contribution in [0.3, 0.4) is 0 Å². The molecule has 1 aromatic carbocycles. The number of benzene rings is 1. The van der Waals surface area contributed by atoms with Crippen LogP contribution in [0.2, 0.25) is 0 Å². The van der Waals surface area contributed by atoms with Gasteiger partial charge in [0.15, 0.2) is 0 Å². The average Bonchev–Trinajstić information content (AvgIpc) is 2.75. The highest BCUT2D eigenvalue weighted by Gasteiger charge is 2.13. The van der Waals surface area contributed by atoms with Gasteiger partial charge in [-0.3, -0.25) is 4.79 Å². The van der Waals surface area contributed by atoms with Crippen molar-refractivity contribution in [3.05, 3.63) is 29.8 Å². The molecule has 1 unspecified atom stereocenters. The molecule has 0 spiro atoms. The van der Waals surface area contributed by atoms with Crippen molar-refractivity contribution >= 4 is 16.9 Å². The molecule has 1 heterocycles. The van der Waals surface area contributed by atoms with Crippen molar-refractivity contribution in [3.63, 3.8) is 0 Å². The van der Waals surface area contributed by atoms with Crippen molar-refractivity contribution in [1.82, 2.24) is 14.9 Å². The number of ether oxygens (including phenoxy) is 1. The monoisotopic (exact) mass is 294 g/mol. The maximum atomic E-state index is 13.2. The summed E-state index contributed by atoms with van der Waals surface area (Å²) in [5.74, 6) is 0.198. The first-order valence-corrected chi connectivity index (χ1v) is 6.66. The minimum Gasteiger partial charge on any atom is -0.383 e. The van der Waals surface area contributed by atoms with Gasteiger partial charge in [-0.1, -0.05) is 0 Å². The lowest BCUT2D eigenvalue weighted by Gasteiger charge is -2.11. The molecule has 6 nitrogen and oxygen atoms in total. The minimum atomic E-state index is -0.676. The topological polar surface area (TPSA) is 82.2 Å². The fourth-order valence-electron chi connectivity index (χ4n) is 2.13. The Bertz CT molecular complexity index is 641. The summed E-state index contributed by atoms with van der Waals surface area (Å²) in [7, 11) is 3.35. The zero-order chi connectivity index (χ0) is 15.4. The number of carbonyl (C=O) groups is 1. The standard InChI is InChI=1S/C14H19FN4O2/c1-19-12-4-3-9(15)7-11(12)18-13(19)5-6-17-14(20)10(16)8-21-2/h3-4,7,10H,5-6,8,16H2,1-2H3,(H,17,20). The third-order valence-corrected chi connectivity index (χ3v) is 3.27. The van der Waals surface area contributed by atoms with E-state index in [4.69, 9.17) is 10.5 Å². The molecule has 2 aromatic rings. The molecule has 1 amide bonds. The number of imidazole rings is 1. The fraction of sp³-hybridized carbons (Fsp3) is 0.429. The molecule has 0 saturated carbocycles. The fourth-order valence-corrected chi connectivity index (χ4v) is 2.13. The highest BCUT2D eigenvalue weighted by atomic mass is 19.1. The number of halogens is 1. The molecule has 7 heteroatoms. The predicted molar refractivity (Wildman–Crippen MR) is 77.2 cm³/mol. The number of rotatable bonds is 6. The number of amides is 1. The first-order valence-electron chi connectivity index (χ1n) is 6.66. The molecule has 3 N–H and O–H groups in total.